The zero-order valence-corrected chi connectivity index (χ0v) is 23.7. The number of hydrogen-bond acceptors (Lipinski definition) is 12. The van der Waals surface area contributed by atoms with Crippen LogP contribution in [-0.2, 0) is 0 Å². The van der Waals surface area contributed by atoms with Gasteiger partial charge in [0, 0.05) is 0 Å². The SMILES string of the molecule is CS[13C]1=[13C](SC)S[13C](=C2SC3=C(S2)SC(=[13C]2S[13C](SC)=[13C](SC)S2)S3)S1. The van der Waals surface area contributed by atoms with Crippen LogP contribution in [0.15, 0.2) is 42.4 Å². The van der Waals surface area contributed by atoms with E-state index in [2.05, 4.69) is 25.0 Å². The van der Waals surface area contributed by atoms with E-state index in [-0.39, 0.29) is 0 Å². The maximum Gasteiger partial charge on any atom is 0.0718 e. The van der Waals surface area contributed by atoms with E-state index in [4.69, 9.17) is 0 Å². The molecule has 0 saturated carbocycles. The molecule has 0 aromatic rings. The fraction of sp³-hybridized carbons (Fsp3) is 0.286. The lowest BCUT2D eigenvalue weighted by Gasteiger charge is -2.07. The van der Waals surface area contributed by atoms with Crippen molar-refractivity contribution in [3.8, 4) is 0 Å². The Kier molecular flexibility index (Phi) is 8.51. The predicted octanol–water partition coefficient (Wildman–Crippen LogP) is 9.99. The number of hydrogen-bond donors (Lipinski definition) is 0. The van der Waals surface area contributed by atoms with Gasteiger partial charge in [0.1, 0.15) is 0 Å². The predicted molar refractivity (Wildman–Crippen MR) is 150 cm³/mol. The molecular weight excluding hydrogens is 559 g/mol. The Morgan fingerprint density at radius 1 is 0.346 bits per heavy atom. The van der Waals surface area contributed by atoms with Crippen LogP contribution >= 0.6 is 141 Å². The minimum Gasteiger partial charge on any atom is -0.121 e. The van der Waals surface area contributed by atoms with E-state index in [0.717, 1.165) is 0 Å². The first-order valence-electron chi connectivity index (χ1n) is 6.97. The molecule has 26 heavy (non-hydrogen) atoms. The minimum atomic E-state index is 1.46. The molecule has 0 saturated heterocycles. The van der Waals surface area contributed by atoms with Gasteiger partial charge < -0.3 is 0 Å². The molecule has 0 spiro atoms. The van der Waals surface area contributed by atoms with Crippen molar-refractivity contribution in [2.45, 2.75) is 0 Å². The normalized spacial score (nSPS) is 23.5. The van der Waals surface area contributed by atoms with Crippen molar-refractivity contribution in [2.24, 2.45) is 0 Å². The topological polar surface area (TPSA) is 0 Å². The second-order valence-electron chi connectivity index (χ2n) is 4.51. The molecule has 4 heterocycles. The van der Waals surface area contributed by atoms with Crippen LogP contribution in [0.5, 0.6) is 0 Å². The molecule has 12 heteroatoms. The summed E-state index contributed by atoms with van der Waals surface area (Å²) in [6.07, 6.45) is 8.73. The molecule has 0 radical (unpaired) electrons. The van der Waals surface area contributed by atoms with Crippen molar-refractivity contribution < 1.29 is 0 Å². The highest BCUT2D eigenvalue weighted by molar-refractivity contribution is 8.51. The van der Waals surface area contributed by atoms with E-state index in [1.54, 1.807) is 0 Å². The summed E-state index contributed by atoms with van der Waals surface area (Å²) in [7, 11) is 0. The molecule has 4 aliphatic rings. The van der Waals surface area contributed by atoms with Crippen LogP contribution in [0.3, 0.4) is 0 Å². The first kappa shape index (κ1) is 22.1. The Morgan fingerprint density at radius 2 is 0.538 bits per heavy atom. The quantitative estimate of drug-likeness (QED) is 0.295. The maximum absolute atomic E-state index is 2.18. The highest BCUT2D eigenvalue weighted by atomic mass is 32.3. The Hall–Kier alpha value is 2.90. The maximum atomic E-state index is 2.18. The Bertz CT molecular complexity index is 677. The smallest absolute Gasteiger partial charge is 0.0718 e. The van der Waals surface area contributed by atoms with Crippen molar-refractivity contribution in [2.75, 3.05) is 25.0 Å². The lowest BCUT2D eigenvalue weighted by atomic mass is 11.2. The van der Waals surface area contributed by atoms with Crippen molar-refractivity contribution in [3.63, 3.8) is 0 Å². The molecule has 0 atom stereocenters. The summed E-state index contributed by atoms with van der Waals surface area (Å²) in [6.45, 7) is 0. The lowest BCUT2D eigenvalue weighted by Crippen LogP contribution is -1.72. The summed E-state index contributed by atoms with van der Waals surface area (Å²) < 4.78 is 14.7. The molecule has 0 nitrogen and oxygen atoms in total. The van der Waals surface area contributed by atoms with Crippen molar-refractivity contribution >= 4 is 141 Å². The molecule has 0 amide bonds. The van der Waals surface area contributed by atoms with Gasteiger partial charge >= 0.3 is 0 Å². The molecule has 4 rings (SSSR count). The summed E-state index contributed by atoms with van der Waals surface area (Å²) in [6, 6.07) is 0. The summed E-state index contributed by atoms with van der Waals surface area (Å²) in [5, 5.41) is 0. The average molecular weight is 571 g/mol. The third kappa shape index (κ3) is 4.56. The second-order valence-corrected chi connectivity index (χ2v) is 18.5. The third-order valence-corrected chi connectivity index (χ3v) is 20.2. The van der Waals surface area contributed by atoms with Crippen LogP contribution in [0.1, 0.15) is 0 Å². The van der Waals surface area contributed by atoms with Crippen LogP contribution < -0.4 is 0 Å². The average Bonchev–Trinajstić information content (AvgIpc) is 3.39. The van der Waals surface area contributed by atoms with E-state index >= 15 is 0 Å². The first-order chi connectivity index (χ1) is 12.7. The zero-order chi connectivity index (χ0) is 18.3. The van der Waals surface area contributed by atoms with E-state index < -0.39 is 0 Å². The van der Waals surface area contributed by atoms with Gasteiger partial charge in [0.15, 0.2) is 0 Å². The molecular formula is C14H12S12. The van der Waals surface area contributed by atoms with E-state index in [0.29, 0.717) is 0 Å². The standard InChI is InChI=1S/C14H12S12/c1-15-5-6(16-2)20-9(19-5)11-23-13-14(24-11)26-12(25-13)10-21-7(17-3)8(18-4)22-10/h1-4H3/i5+1,6+1,7+1,8+1,9+1,10+1. The van der Waals surface area contributed by atoms with Crippen molar-refractivity contribution in [3.05, 3.63) is 42.4 Å². The van der Waals surface area contributed by atoms with Gasteiger partial charge in [-0.3, -0.25) is 0 Å². The molecule has 0 fully saturated rings. The summed E-state index contributed by atoms with van der Waals surface area (Å²) in [4.78, 5) is 0. The summed E-state index contributed by atoms with van der Waals surface area (Å²) in [5.41, 5.74) is 0. The van der Waals surface area contributed by atoms with E-state index in [9.17, 15) is 0 Å². The van der Waals surface area contributed by atoms with E-state index in [1.807, 2.05) is 141 Å². The number of rotatable bonds is 4. The van der Waals surface area contributed by atoms with Gasteiger partial charge in [-0.1, -0.05) is 94.1 Å². The van der Waals surface area contributed by atoms with E-state index in [1.165, 1.54) is 42.4 Å². The molecule has 0 unspecified atom stereocenters. The Morgan fingerprint density at radius 3 is 0.731 bits per heavy atom. The van der Waals surface area contributed by atoms with Crippen LogP contribution in [-0.4, -0.2) is 25.0 Å². The molecule has 140 valence electrons. The van der Waals surface area contributed by atoms with Crippen LogP contribution in [0.25, 0.3) is 0 Å². The lowest BCUT2D eigenvalue weighted by molar-refractivity contribution is 2.30. The highest BCUT2D eigenvalue weighted by Crippen LogP contribution is 2.73. The third-order valence-electron chi connectivity index (χ3n) is 3.06. The van der Waals surface area contributed by atoms with Crippen molar-refractivity contribution in [1.82, 2.24) is 0 Å². The largest absolute Gasteiger partial charge is 0.121 e. The molecule has 4 aliphatic heterocycles. The van der Waals surface area contributed by atoms with Crippen LogP contribution in [0, 0.1) is 0 Å². The number of thioether (sulfide) groups is 12. The fourth-order valence-corrected chi connectivity index (χ4v) is 18.9. The van der Waals surface area contributed by atoms with Gasteiger partial charge in [0.2, 0.25) is 0 Å². The monoisotopic (exact) mass is 570 g/mol. The van der Waals surface area contributed by atoms with Gasteiger partial charge in [-0.05, 0) is 25.0 Å². The van der Waals surface area contributed by atoms with Gasteiger partial charge in [0.05, 0.1) is 42.4 Å². The summed E-state index contributed by atoms with van der Waals surface area (Å²) in [5.74, 6) is 0. The van der Waals surface area contributed by atoms with Crippen molar-refractivity contribution in [1.29, 1.82) is 0 Å². The van der Waals surface area contributed by atoms with Gasteiger partial charge in [-0.15, -0.1) is 47.0 Å². The highest BCUT2D eigenvalue weighted by Gasteiger charge is 2.36. The fourth-order valence-electron chi connectivity index (χ4n) is 1.97. The van der Waals surface area contributed by atoms with Crippen LogP contribution in [0.4, 0.5) is 0 Å². The Labute approximate surface area is 205 Å². The van der Waals surface area contributed by atoms with Crippen LogP contribution in [0.2, 0.25) is 0 Å². The van der Waals surface area contributed by atoms with Gasteiger partial charge in [0.25, 0.3) is 0 Å². The summed E-state index contributed by atoms with van der Waals surface area (Å²) >= 11 is 23.2. The van der Waals surface area contributed by atoms with Gasteiger partial charge in [-0.2, -0.15) is 0 Å². The zero-order valence-electron chi connectivity index (χ0n) is 13.9. The molecule has 0 N–H and O–H groups in total. The molecule has 0 aromatic carbocycles. The molecule has 0 aromatic heterocycles. The molecule has 0 aliphatic carbocycles. The molecule has 0 bridgehead atoms. The minimum absolute atomic E-state index is 1.46. The van der Waals surface area contributed by atoms with Gasteiger partial charge in [-0.25, -0.2) is 0 Å². The Balaban J connectivity index is 1.44. The first-order valence-corrected chi connectivity index (χ1v) is 18.4. The second kappa shape index (κ2) is 10.0.